The number of rotatable bonds is 6. The van der Waals surface area contributed by atoms with Gasteiger partial charge in [-0.1, -0.05) is 13.3 Å². The van der Waals surface area contributed by atoms with Crippen LogP contribution in [0.2, 0.25) is 0 Å². The van der Waals surface area contributed by atoms with Crippen LogP contribution in [0, 0.1) is 0 Å². The Hall–Kier alpha value is -0.830. The minimum atomic E-state index is -3.87. The van der Waals surface area contributed by atoms with Gasteiger partial charge in [-0.15, -0.1) is 0 Å². The average molecular weight is 354 g/mol. The summed E-state index contributed by atoms with van der Waals surface area (Å²) in [6.07, 6.45) is 1.33. The molecule has 1 aromatic carbocycles. The van der Waals surface area contributed by atoms with Crippen LogP contribution in [-0.4, -0.2) is 29.2 Å². The lowest BCUT2D eigenvalue weighted by Crippen LogP contribution is -2.31. The van der Waals surface area contributed by atoms with Crippen molar-refractivity contribution in [3.63, 3.8) is 0 Å². The van der Waals surface area contributed by atoms with E-state index in [1.807, 2.05) is 6.92 Å². The maximum absolute atomic E-state index is 11.9. The van der Waals surface area contributed by atoms with Crippen molar-refractivity contribution in [2.24, 2.45) is 0 Å². The summed E-state index contributed by atoms with van der Waals surface area (Å²) in [4.78, 5) is -0.0776. The maximum Gasteiger partial charge on any atom is 0.261 e. The Balaban J connectivity index is 2.25. The molecule has 1 unspecified atom stereocenters. The molecule has 9 heteroatoms. The third kappa shape index (κ3) is 4.09. The zero-order valence-electron chi connectivity index (χ0n) is 11.4. The third-order valence-electron chi connectivity index (χ3n) is 3.13. The molecule has 0 bridgehead atoms. The molecule has 0 saturated carbocycles. The highest BCUT2D eigenvalue weighted by Crippen LogP contribution is 2.35. The van der Waals surface area contributed by atoms with Crippen LogP contribution in [0.25, 0.3) is 0 Å². The highest BCUT2D eigenvalue weighted by Gasteiger charge is 2.29. The third-order valence-corrected chi connectivity index (χ3v) is 5.95. The second kappa shape index (κ2) is 6.12. The Morgan fingerprint density at radius 1 is 1.33 bits per heavy atom. The number of fused-ring (bicyclic) bond motifs is 1. The highest BCUT2D eigenvalue weighted by molar-refractivity contribution is 8.13. The number of ether oxygens (including phenoxy) is 1. The van der Waals surface area contributed by atoms with E-state index in [-0.39, 0.29) is 17.3 Å². The second-order valence-corrected chi connectivity index (χ2v) is 9.23. The fourth-order valence-corrected chi connectivity index (χ4v) is 4.25. The molecule has 0 radical (unpaired) electrons. The van der Waals surface area contributed by atoms with Crippen LogP contribution in [0.1, 0.15) is 31.4 Å². The van der Waals surface area contributed by atoms with Gasteiger partial charge in [-0.25, -0.2) is 21.6 Å². The molecule has 0 amide bonds. The topological polar surface area (TPSA) is 89.5 Å². The molecule has 0 fully saturated rings. The molecule has 21 heavy (non-hydrogen) atoms. The van der Waals surface area contributed by atoms with Gasteiger partial charge in [0.05, 0.1) is 16.7 Å². The Morgan fingerprint density at radius 3 is 2.67 bits per heavy atom. The zero-order chi connectivity index (χ0) is 15.7. The lowest BCUT2D eigenvalue weighted by Gasteiger charge is -2.12. The van der Waals surface area contributed by atoms with Gasteiger partial charge in [0.15, 0.2) is 0 Å². The summed E-state index contributed by atoms with van der Waals surface area (Å²) < 4.78 is 54.5. The molecule has 1 aliphatic rings. The van der Waals surface area contributed by atoms with Gasteiger partial charge < -0.3 is 4.74 Å². The number of unbranched alkanes of at least 4 members (excludes halogenated alkanes) is 1. The van der Waals surface area contributed by atoms with E-state index < -0.39 is 25.1 Å². The monoisotopic (exact) mass is 353 g/mol. The molecule has 2 rings (SSSR count). The van der Waals surface area contributed by atoms with Crippen molar-refractivity contribution in [2.45, 2.75) is 30.7 Å². The molecule has 0 aliphatic carbocycles. The molecule has 6 nitrogen and oxygen atoms in total. The largest absolute Gasteiger partial charge is 0.491 e. The first-order valence-corrected chi connectivity index (χ1v) is 10.4. The fraction of sp³-hybridized carbons (Fsp3) is 0.500. The summed E-state index contributed by atoms with van der Waals surface area (Å²) in [7, 11) is -1.99. The minimum Gasteiger partial charge on any atom is -0.491 e. The molecule has 1 aliphatic heterocycles. The predicted octanol–water partition coefficient (Wildman–Crippen LogP) is 1.77. The van der Waals surface area contributed by atoms with Crippen LogP contribution in [-0.2, 0) is 19.1 Å². The number of nitrogens with one attached hydrogen (secondary N) is 1. The van der Waals surface area contributed by atoms with E-state index in [4.69, 9.17) is 15.4 Å². The van der Waals surface area contributed by atoms with Crippen molar-refractivity contribution >= 4 is 29.8 Å². The Kier molecular flexibility index (Phi) is 4.82. The summed E-state index contributed by atoms with van der Waals surface area (Å²) in [5.74, 6) is 0.491. The van der Waals surface area contributed by atoms with E-state index >= 15 is 0 Å². The van der Waals surface area contributed by atoms with E-state index in [1.54, 1.807) is 0 Å². The molecule has 1 atom stereocenters. The SMILES string of the molecule is CCCCS(=O)(=O)NC1COc2ccc(S(=O)(=O)Cl)cc21. The summed E-state index contributed by atoms with van der Waals surface area (Å²) in [5, 5.41) is 0. The van der Waals surface area contributed by atoms with Crippen molar-refractivity contribution in [1.82, 2.24) is 4.72 Å². The molecule has 0 spiro atoms. The second-order valence-electron chi connectivity index (χ2n) is 4.79. The highest BCUT2D eigenvalue weighted by atomic mass is 35.7. The number of sulfonamides is 1. The number of benzene rings is 1. The summed E-state index contributed by atoms with van der Waals surface area (Å²) in [6.45, 7) is 2.04. The molecule has 1 N–H and O–H groups in total. The molecule has 0 aromatic heterocycles. The van der Waals surface area contributed by atoms with E-state index in [2.05, 4.69) is 4.72 Å². The fourth-order valence-electron chi connectivity index (χ4n) is 2.05. The summed E-state index contributed by atoms with van der Waals surface area (Å²) in [5.41, 5.74) is 0.483. The predicted molar refractivity (Wildman–Crippen MR) is 79.5 cm³/mol. The Morgan fingerprint density at radius 2 is 2.05 bits per heavy atom. The maximum atomic E-state index is 11.9. The van der Waals surface area contributed by atoms with E-state index in [0.717, 1.165) is 6.42 Å². The van der Waals surface area contributed by atoms with E-state index in [1.165, 1.54) is 18.2 Å². The van der Waals surface area contributed by atoms with Gasteiger partial charge in [0.1, 0.15) is 12.4 Å². The normalized spacial score (nSPS) is 18.3. The molecule has 118 valence electrons. The van der Waals surface area contributed by atoms with Crippen molar-refractivity contribution in [2.75, 3.05) is 12.4 Å². The quantitative estimate of drug-likeness (QED) is 0.787. The molecule has 1 heterocycles. The van der Waals surface area contributed by atoms with Crippen molar-refractivity contribution in [1.29, 1.82) is 0 Å². The van der Waals surface area contributed by atoms with E-state index in [9.17, 15) is 16.8 Å². The zero-order valence-corrected chi connectivity index (χ0v) is 13.8. The molecule has 1 aromatic rings. The van der Waals surface area contributed by atoms with Crippen LogP contribution < -0.4 is 9.46 Å². The first-order valence-electron chi connectivity index (χ1n) is 6.44. The van der Waals surface area contributed by atoms with Gasteiger partial charge in [0.2, 0.25) is 10.0 Å². The first-order chi connectivity index (χ1) is 9.73. The minimum absolute atomic E-state index is 0.0306. The van der Waals surface area contributed by atoms with Gasteiger partial charge in [-0.05, 0) is 24.6 Å². The lowest BCUT2D eigenvalue weighted by atomic mass is 10.1. The Labute approximate surface area is 128 Å². The van der Waals surface area contributed by atoms with Crippen molar-refractivity contribution < 1.29 is 21.6 Å². The average Bonchev–Trinajstić information content (AvgIpc) is 2.77. The van der Waals surface area contributed by atoms with Crippen LogP contribution in [0.4, 0.5) is 0 Å². The van der Waals surface area contributed by atoms with Crippen LogP contribution in [0.3, 0.4) is 0 Å². The van der Waals surface area contributed by atoms with Crippen molar-refractivity contribution in [3.8, 4) is 5.75 Å². The smallest absolute Gasteiger partial charge is 0.261 e. The molecular weight excluding hydrogens is 338 g/mol. The molecule has 0 saturated heterocycles. The standard InChI is InChI=1S/C12H16ClNO5S2/c1-2-3-6-20(15,16)14-11-8-19-12-5-4-9(7-10(11)12)21(13,17)18/h4-5,7,11,14H,2-3,6,8H2,1H3. The summed E-state index contributed by atoms with van der Waals surface area (Å²) in [6, 6.07) is 3.55. The van der Waals surface area contributed by atoms with Crippen molar-refractivity contribution in [3.05, 3.63) is 23.8 Å². The van der Waals surface area contributed by atoms with Crippen LogP contribution >= 0.6 is 10.7 Å². The van der Waals surface area contributed by atoms with Crippen LogP contribution in [0.15, 0.2) is 23.1 Å². The van der Waals surface area contributed by atoms with Gasteiger partial charge in [0, 0.05) is 16.2 Å². The van der Waals surface area contributed by atoms with Gasteiger partial charge in [-0.2, -0.15) is 0 Å². The van der Waals surface area contributed by atoms with E-state index in [0.29, 0.717) is 17.7 Å². The first kappa shape index (κ1) is 16.5. The number of hydrogen-bond acceptors (Lipinski definition) is 5. The Bertz CT molecular complexity index is 730. The van der Waals surface area contributed by atoms with Gasteiger partial charge in [0.25, 0.3) is 9.05 Å². The lowest BCUT2D eigenvalue weighted by molar-refractivity contribution is 0.325. The van der Waals surface area contributed by atoms with Gasteiger partial charge >= 0.3 is 0 Å². The number of halogens is 1. The summed E-state index contributed by atoms with van der Waals surface area (Å²) >= 11 is 0. The van der Waals surface area contributed by atoms with Crippen LogP contribution in [0.5, 0.6) is 5.75 Å². The van der Waals surface area contributed by atoms with Gasteiger partial charge in [-0.3, -0.25) is 0 Å². The number of hydrogen-bond donors (Lipinski definition) is 1. The molecular formula is C12H16ClNO5S2.